The number of aliphatic carboxylic acids is 2. The number of rotatable bonds is 2. The van der Waals surface area contributed by atoms with Crippen LogP contribution in [0.2, 0.25) is 0 Å². The molecule has 1 aliphatic heterocycles. The van der Waals surface area contributed by atoms with Gasteiger partial charge in [0.05, 0.1) is 0 Å². The molecule has 1 fully saturated rings. The van der Waals surface area contributed by atoms with Crippen molar-refractivity contribution >= 4 is 11.9 Å². The number of hydrogen-bond donors (Lipinski definition) is 3. The van der Waals surface area contributed by atoms with Crippen LogP contribution in [0.5, 0.6) is 0 Å². The van der Waals surface area contributed by atoms with E-state index in [1.807, 2.05) is 0 Å². The number of carboxylic acid groups (broad SMARTS) is 2. The van der Waals surface area contributed by atoms with Gasteiger partial charge in [-0.15, -0.1) is 0 Å². The number of alkyl halides is 1. The summed E-state index contributed by atoms with van der Waals surface area (Å²) in [4.78, 5) is 20.7. The van der Waals surface area contributed by atoms with Crippen LogP contribution < -0.4 is 5.32 Å². The lowest BCUT2D eigenvalue weighted by Crippen LogP contribution is -2.44. The second-order valence-corrected chi connectivity index (χ2v) is 2.69. The maximum Gasteiger partial charge on any atom is 0.343 e. The van der Waals surface area contributed by atoms with Gasteiger partial charge in [-0.1, -0.05) is 0 Å². The van der Waals surface area contributed by atoms with Crippen molar-refractivity contribution in [1.29, 1.82) is 0 Å². The minimum absolute atomic E-state index is 0.141. The molecule has 0 radical (unpaired) electrons. The van der Waals surface area contributed by atoms with Crippen LogP contribution in [-0.2, 0) is 9.59 Å². The molecule has 6 heteroatoms. The van der Waals surface area contributed by atoms with Gasteiger partial charge in [0.15, 0.2) is 0 Å². The van der Waals surface area contributed by atoms with Gasteiger partial charge in [-0.2, -0.15) is 0 Å². The highest BCUT2D eigenvalue weighted by Crippen LogP contribution is 2.26. The van der Waals surface area contributed by atoms with Crippen LogP contribution in [0.3, 0.4) is 0 Å². The number of carboxylic acids is 2. The van der Waals surface area contributed by atoms with Crippen molar-refractivity contribution in [3.8, 4) is 0 Å². The normalized spacial score (nSPS) is 34.9. The molecule has 0 bridgehead atoms. The fourth-order valence-electron chi connectivity index (χ4n) is 1.19. The van der Waals surface area contributed by atoms with Crippen molar-refractivity contribution in [3.05, 3.63) is 0 Å². The number of hydrogen-bond acceptors (Lipinski definition) is 3. The largest absolute Gasteiger partial charge is 0.481 e. The predicted molar refractivity (Wildman–Crippen MR) is 35.5 cm³/mol. The summed E-state index contributed by atoms with van der Waals surface area (Å²) in [6, 6.07) is 0. The van der Waals surface area contributed by atoms with Crippen molar-refractivity contribution in [1.82, 2.24) is 5.32 Å². The first kappa shape index (κ1) is 8.92. The first-order valence-corrected chi connectivity index (χ1v) is 3.34. The third-order valence-electron chi connectivity index (χ3n) is 1.94. The van der Waals surface area contributed by atoms with E-state index < -0.39 is 30.1 Å². The van der Waals surface area contributed by atoms with Crippen LogP contribution in [0.4, 0.5) is 4.39 Å². The average molecular weight is 177 g/mol. The van der Waals surface area contributed by atoms with Crippen LogP contribution in [-0.4, -0.2) is 40.9 Å². The molecule has 0 amide bonds. The molecule has 68 valence electrons. The minimum atomic E-state index is -2.66. The zero-order valence-corrected chi connectivity index (χ0v) is 6.08. The highest BCUT2D eigenvalue weighted by Gasteiger charge is 2.54. The van der Waals surface area contributed by atoms with Gasteiger partial charge in [-0.3, -0.25) is 4.79 Å². The zero-order chi connectivity index (χ0) is 9.35. The van der Waals surface area contributed by atoms with E-state index in [-0.39, 0.29) is 6.54 Å². The summed E-state index contributed by atoms with van der Waals surface area (Å²) in [5, 5.41) is 19.3. The topological polar surface area (TPSA) is 86.6 Å². The lowest BCUT2D eigenvalue weighted by atomic mass is 9.93. The molecule has 0 saturated carbocycles. The first-order valence-electron chi connectivity index (χ1n) is 3.34. The molecule has 1 saturated heterocycles. The van der Waals surface area contributed by atoms with E-state index in [2.05, 4.69) is 5.32 Å². The highest BCUT2D eigenvalue weighted by atomic mass is 19.1. The van der Waals surface area contributed by atoms with E-state index >= 15 is 0 Å². The van der Waals surface area contributed by atoms with Gasteiger partial charge in [-0.05, 0) is 0 Å². The monoisotopic (exact) mass is 177 g/mol. The van der Waals surface area contributed by atoms with Gasteiger partial charge in [0.25, 0.3) is 0 Å². The molecule has 0 aromatic heterocycles. The average Bonchev–Trinajstić information content (AvgIpc) is 2.32. The Hall–Kier alpha value is -1.17. The second kappa shape index (κ2) is 2.71. The van der Waals surface area contributed by atoms with Crippen molar-refractivity contribution < 1.29 is 24.2 Å². The summed E-state index contributed by atoms with van der Waals surface area (Å²) in [5.41, 5.74) is -2.66. The maximum atomic E-state index is 13.3. The Morgan fingerprint density at radius 3 is 2.42 bits per heavy atom. The molecule has 0 aliphatic carbocycles. The Kier molecular flexibility index (Phi) is 2.01. The van der Waals surface area contributed by atoms with E-state index in [4.69, 9.17) is 10.2 Å². The number of carbonyl (C=O) groups is 2. The molecular weight excluding hydrogens is 169 g/mol. The molecule has 5 nitrogen and oxygen atoms in total. The van der Waals surface area contributed by atoms with Crippen molar-refractivity contribution in [2.75, 3.05) is 13.1 Å². The molecule has 12 heavy (non-hydrogen) atoms. The Morgan fingerprint density at radius 2 is 2.08 bits per heavy atom. The molecule has 1 aliphatic rings. The summed E-state index contributed by atoms with van der Waals surface area (Å²) in [6.45, 7) is -0.586. The lowest BCUT2D eigenvalue weighted by molar-refractivity contribution is -0.160. The lowest BCUT2D eigenvalue weighted by Gasteiger charge is -2.17. The zero-order valence-electron chi connectivity index (χ0n) is 6.08. The Bertz CT molecular complexity index is 232. The highest BCUT2D eigenvalue weighted by molar-refractivity contribution is 5.87. The fraction of sp³-hybridized carbons (Fsp3) is 0.667. The molecule has 1 heterocycles. The molecule has 1 rings (SSSR count). The fourth-order valence-corrected chi connectivity index (χ4v) is 1.19. The van der Waals surface area contributed by atoms with E-state index in [9.17, 15) is 14.0 Å². The summed E-state index contributed by atoms with van der Waals surface area (Å²) in [7, 11) is 0. The molecule has 0 aromatic carbocycles. The van der Waals surface area contributed by atoms with Crippen LogP contribution in [0.15, 0.2) is 0 Å². The summed E-state index contributed by atoms with van der Waals surface area (Å²) in [6.07, 6.45) is 0. The van der Waals surface area contributed by atoms with Crippen LogP contribution >= 0.6 is 0 Å². The predicted octanol–water partition coefficient (Wildman–Crippen LogP) is -0.917. The third kappa shape index (κ3) is 1.14. The van der Waals surface area contributed by atoms with E-state index in [1.54, 1.807) is 0 Å². The minimum Gasteiger partial charge on any atom is -0.481 e. The van der Waals surface area contributed by atoms with Gasteiger partial charge in [0, 0.05) is 13.1 Å². The maximum absolute atomic E-state index is 13.3. The Labute approximate surface area is 67.2 Å². The van der Waals surface area contributed by atoms with Gasteiger partial charge in [0.2, 0.25) is 5.67 Å². The molecule has 0 spiro atoms. The van der Waals surface area contributed by atoms with E-state index in [0.717, 1.165) is 0 Å². The Morgan fingerprint density at radius 1 is 1.50 bits per heavy atom. The third-order valence-corrected chi connectivity index (χ3v) is 1.94. The van der Waals surface area contributed by atoms with E-state index in [1.165, 1.54) is 0 Å². The number of halogens is 1. The molecule has 2 unspecified atom stereocenters. The molecule has 3 N–H and O–H groups in total. The summed E-state index contributed by atoms with van der Waals surface area (Å²) < 4.78 is 13.3. The molecule has 2 atom stereocenters. The van der Waals surface area contributed by atoms with Gasteiger partial charge >= 0.3 is 11.9 Å². The first-order chi connectivity index (χ1) is 5.48. The quantitative estimate of drug-likeness (QED) is 0.508. The number of nitrogens with one attached hydrogen (secondary N) is 1. The van der Waals surface area contributed by atoms with Crippen molar-refractivity contribution in [2.45, 2.75) is 5.67 Å². The SMILES string of the molecule is O=C(O)C1CNCC1(F)C(=O)O. The molecule has 0 aromatic rings. The van der Waals surface area contributed by atoms with E-state index in [0.29, 0.717) is 0 Å². The summed E-state index contributed by atoms with van der Waals surface area (Å²) >= 11 is 0. The van der Waals surface area contributed by atoms with Gasteiger partial charge in [0.1, 0.15) is 5.92 Å². The second-order valence-electron chi connectivity index (χ2n) is 2.69. The smallest absolute Gasteiger partial charge is 0.343 e. The molecular formula is C6H8FNO4. The van der Waals surface area contributed by atoms with Crippen LogP contribution in [0.1, 0.15) is 0 Å². The van der Waals surface area contributed by atoms with Crippen molar-refractivity contribution in [2.24, 2.45) is 5.92 Å². The van der Waals surface area contributed by atoms with Gasteiger partial charge < -0.3 is 15.5 Å². The standard InChI is InChI=1S/C6H8FNO4/c7-6(5(11)12)2-8-1-3(6)4(9)10/h3,8H,1-2H2,(H,9,10)(H,11,12). The van der Waals surface area contributed by atoms with Gasteiger partial charge in [-0.25, -0.2) is 9.18 Å². The van der Waals surface area contributed by atoms with Crippen LogP contribution in [0.25, 0.3) is 0 Å². The summed E-state index contributed by atoms with van der Waals surface area (Å²) in [5.74, 6) is -4.64. The van der Waals surface area contributed by atoms with Crippen molar-refractivity contribution in [3.63, 3.8) is 0 Å². The Balaban J connectivity index is 2.89. The van der Waals surface area contributed by atoms with Crippen LogP contribution in [0, 0.1) is 5.92 Å².